The third-order valence-electron chi connectivity index (χ3n) is 12.4. The van der Waals surface area contributed by atoms with Crippen molar-refractivity contribution in [2.24, 2.45) is 0 Å². The summed E-state index contributed by atoms with van der Waals surface area (Å²) < 4.78 is 0. The fraction of sp³-hybridized carbons (Fsp3) is 0.906. The SMILES string of the molecule is CCCCCCCC/C=C\C/C=C\CC(O)C(=O)NC(CO)C(O)C(O)CCCCCCCCCCCCCCCCCCCCCCCCCCCCCCCCC. The Morgan fingerprint density at radius 3 is 1.12 bits per heavy atom. The van der Waals surface area contributed by atoms with Gasteiger partial charge in [-0.25, -0.2) is 0 Å². The predicted molar refractivity (Wildman–Crippen MR) is 256 cm³/mol. The molecular formula is C53H103NO5. The molecule has 0 aliphatic rings. The van der Waals surface area contributed by atoms with Crippen LogP contribution in [-0.4, -0.2) is 57.3 Å². The summed E-state index contributed by atoms with van der Waals surface area (Å²) in [7, 11) is 0. The highest BCUT2D eigenvalue weighted by Gasteiger charge is 2.28. The molecule has 6 heteroatoms. The van der Waals surface area contributed by atoms with Crippen LogP contribution in [0, 0.1) is 0 Å². The van der Waals surface area contributed by atoms with Gasteiger partial charge in [0.2, 0.25) is 5.91 Å². The standard InChI is InChI=1S/C53H103NO5/c1-3-5-7-9-11-13-15-17-18-19-20-21-22-23-24-25-26-27-28-29-30-31-32-33-34-35-37-38-40-42-44-46-50(56)52(58)49(48-55)54-53(59)51(57)47-45-43-41-39-36-16-14-12-10-8-6-4-2/h36,39,43,45,49-52,55-58H,3-35,37-38,40-42,44,46-48H2,1-2H3,(H,54,59)/b39-36-,45-43-. The summed E-state index contributed by atoms with van der Waals surface area (Å²) in [6.45, 7) is 4.03. The van der Waals surface area contributed by atoms with E-state index in [2.05, 4.69) is 31.3 Å². The van der Waals surface area contributed by atoms with Crippen LogP contribution < -0.4 is 5.32 Å². The molecule has 0 aromatic rings. The molecule has 6 nitrogen and oxygen atoms in total. The predicted octanol–water partition coefficient (Wildman–Crippen LogP) is 14.7. The fourth-order valence-corrected chi connectivity index (χ4v) is 8.27. The maximum absolute atomic E-state index is 12.5. The highest BCUT2D eigenvalue weighted by atomic mass is 16.3. The van der Waals surface area contributed by atoms with Gasteiger partial charge in [0.1, 0.15) is 12.2 Å². The van der Waals surface area contributed by atoms with Gasteiger partial charge in [-0.05, 0) is 25.7 Å². The van der Waals surface area contributed by atoms with E-state index in [0.29, 0.717) is 6.42 Å². The minimum Gasteiger partial charge on any atom is -0.394 e. The van der Waals surface area contributed by atoms with E-state index in [-0.39, 0.29) is 6.42 Å². The Bertz CT molecular complexity index is 893. The van der Waals surface area contributed by atoms with Crippen molar-refractivity contribution in [3.05, 3.63) is 24.3 Å². The zero-order valence-electron chi connectivity index (χ0n) is 39.5. The molecule has 4 unspecified atom stereocenters. The average molecular weight is 834 g/mol. The van der Waals surface area contributed by atoms with Crippen LogP contribution >= 0.6 is 0 Å². The molecule has 0 radical (unpaired) electrons. The smallest absolute Gasteiger partial charge is 0.249 e. The zero-order chi connectivity index (χ0) is 43.1. The summed E-state index contributed by atoms with van der Waals surface area (Å²) in [4.78, 5) is 12.5. The minimum atomic E-state index is -1.28. The topological polar surface area (TPSA) is 110 Å². The van der Waals surface area contributed by atoms with Crippen LogP contribution in [0.1, 0.15) is 277 Å². The first kappa shape index (κ1) is 57.8. The van der Waals surface area contributed by atoms with Crippen molar-refractivity contribution in [1.29, 1.82) is 0 Å². The van der Waals surface area contributed by atoms with Gasteiger partial charge in [-0.3, -0.25) is 4.79 Å². The minimum absolute atomic E-state index is 0.160. The largest absolute Gasteiger partial charge is 0.394 e. The second-order valence-corrected chi connectivity index (χ2v) is 18.2. The Morgan fingerprint density at radius 2 is 0.763 bits per heavy atom. The van der Waals surface area contributed by atoms with E-state index in [1.54, 1.807) is 6.08 Å². The van der Waals surface area contributed by atoms with Gasteiger partial charge in [-0.2, -0.15) is 0 Å². The highest BCUT2D eigenvalue weighted by molar-refractivity contribution is 5.81. The summed E-state index contributed by atoms with van der Waals surface area (Å²) in [6, 6.07) is -1.01. The molecule has 0 aromatic heterocycles. The lowest BCUT2D eigenvalue weighted by molar-refractivity contribution is -0.132. The van der Waals surface area contributed by atoms with Crippen molar-refractivity contribution in [3.63, 3.8) is 0 Å². The van der Waals surface area contributed by atoms with Crippen molar-refractivity contribution in [2.75, 3.05) is 6.61 Å². The first-order valence-electron chi connectivity index (χ1n) is 26.2. The fourth-order valence-electron chi connectivity index (χ4n) is 8.27. The number of amides is 1. The molecule has 5 N–H and O–H groups in total. The molecular weight excluding hydrogens is 731 g/mol. The maximum Gasteiger partial charge on any atom is 0.249 e. The second kappa shape index (κ2) is 47.8. The number of hydrogen-bond donors (Lipinski definition) is 5. The van der Waals surface area contributed by atoms with E-state index in [1.807, 2.05) is 6.08 Å². The summed E-state index contributed by atoms with van der Waals surface area (Å²) in [5.41, 5.74) is 0. The molecule has 0 saturated carbocycles. The average Bonchev–Trinajstić information content (AvgIpc) is 3.24. The number of nitrogens with one attached hydrogen (secondary N) is 1. The normalized spacial score (nSPS) is 14.1. The van der Waals surface area contributed by atoms with Crippen molar-refractivity contribution in [2.45, 2.75) is 301 Å². The molecule has 0 bridgehead atoms. The highest BCUT2D eigenvalue weighted by Crippen LogP contribution is 2.18. The van der Waals surface area contributed by atoms with E-state index in [4.69, 9.17) is 0 Å². The van der Waals surface area contributed by atoms with Crippen LogP contribution in [0.4, 0.5) is 0 Å². The Hall–Kier alpha value is -1.21. The van der Waals surface area contributed by atoms with E-state index < -0.39 is 36.9 Å². The van der Waals surface area contributed by atoms with Gasteiger partial charge in [0.15, 0.2) is 0 Å². The van der Waals surface area contributed by atoms with E-state index in [0.717, 1.165) is 32.1 Å². The lowest BCUT2D eigenvalue weighted by Gasteiger charge is -2.27. The maximum atomic E-state index is 12.5. The Balaban J connectivity index is 3.57. The van der Waals surface area contributed by atoms with Crippen molar-refractivity contribution < 1.29 is 25.2 Å². The Morgan fingerprint density at radius 1 is 0.441 bits per heavy atom. The van der Waals surface area contributed by atoms with Crippen LogP contribution in [0.3, 0.4) is 0 Å². The quantitative estimate of drug-likeness (QED) is 0.0310. The van der Waals surface area contributed by atoms with Crippen LogP contribution in [0.5, 0.6) is 0 Å². The van der Waals surface area contributed by atoms with Crippen molar-refractivity contribution in [1.82, 2.24) is 5.32 Å². The second-order valence-electron chi connectivity index (χ2n) is 18.2. The first-order valence-corrected chi connectivity index (χ1v) is 26.2. The van der Waals surface area contributed by atoms with Crippen LogP contribution in [-0.2, 0) is 4.79 Å². The molecule has 350 valence electrons. The molecule has 0 saturated heterocycles. The summed E-state index contributed by atoms with van der Waals surface area (Å²) in [6.07, 6.45) is 57.0. The number of hydrogen-bond acceptors (Lipinski definition) is 5. The van der Waals surface area contributed by atoms with Crippen LogP contribution in [0.15, 0.2) is 24.3 Å². The summed E-state index contributed by atoms with van der Waals surface area (Å²) >= 11 is 0. The van der Waals surface area contributed by atoms with Crippen molar-refractivity contribution >= 4 is 5.91 Å². The van der Waals surface area contributed by atoms with Gasteiger partial charge in [0.05, 0.1) is 18.8 Å². The molecule has 0 rings (SSSR count). The lowest BCUT2D eigenvalue weighted by Crippen LogP contribution is -2.53. The number of carbonyl (C=O) groups excluding carboxylic acids is 1. The molecule has 0 heterocycles. The number of carbonyl (C=O) groups is 1. The third kappa shape index (κ3) is 41.9. The number of unbranched alkanes of at least 4 members (excludes halogenated alkanes) is 36. The summed E-state index contributed by atoms with van der Waals surface area (Å²) in [5, 5.41) is 43.6. The van der Waals surface area contributed by atoms with E-state index in [9.17, 15) is 25.2 Å². The van der Waals surface area contributed by atoms with Gasteiger partial charge in [-0.15, -0.1) is 0 Å². The zero-order valence-corrected chi connectivity index (χ0v) is 39.5. The lowest BCUT2D eigenvalue weighted by atomic mass is 9.99. The molecule has 0 spiro atoms. The number of rotatable bonds is 48. The number of aliphatic hydroxyl groups excluding tert-OH is 4. The van der Waals surface area contributed by atoms with Gasteiger partial charge in [-0.1, -0.05) is 269 Å². The van der Waals surface area contributed by atoms with Gasteiger partial charge in [0, 0.05) is 6.42 Å². The van der Waals surface area contributed by atoms with Gasteiger partial charge < -0.3 is 25.7 Å². The van der Waals surface area contributed by atoms with E-state index >= 15 is 0 Å². The monoisotopic (exact) mass is 834 g/mol. The third-order valence-corrected chi connectivity index (χ3v) is 12.4. The molecule has 4 atom stereocenters. The number of aliphatic hydroxyl groups is 4. The van der Waals surface area contributed by atoms with Crippen LogP contribution in [0.25, 0.3) is 0 Å². The molecule has 0 aliphatic carbocycles. The molecule has 0 aromatic carbocycles. The molecule has 59 heavy (non-hydrogen) atoms. The molecule has 0 aliphatic heterocycles. The Labute approximate surface area is 367 Å². The van der Waals surface area contributed by atoms with Crippen LogP contribution in [0.2, 0.25) is 0 Å². The Kier molecular flexibility index (Phi) is 46.9. The molecule has 1 amide bonds. The van der Waals surface area contributed by atoms with Gasteiger partial charge in [0.25, 0.3) is 0 Å². The number of allylic oxidation sites excluding steroid dienone is 3. The summed E-state index contributed by atoms with van der Waals surface area (Å²) in [5.74, 6) is -0.649. The van der Waals surface area contributed by atoms with E-state index in [1.165, 1.54) is 218 Å². The van der Waals surface area contributed by atoms with Crippen molar-refractivity contribution in [3.8, 4) is 0 Å². The molecule has 0 fully saturated rings. The first-order chi connectivity index (χ1) is 29.0. The van der Waals surface area contributed by atoms with Gasteiger partial charge >= 0.3 is 0 Å².